The number of hydrogen-bond donors (Lipinski definition) is 1. The first-order chi connectivity index (χ1) is 11.2. The van der Waals surface area contributed by atoms with Gasteiger partial charge in [0.25, 0.3) is 5.78 Å². The maximum absolute atomic E-state index is 13.0. The molecule has 1 N–H and O–H groups in total. The van der Waals surface area contributed by atoms with E-state index in [0.717, 1.165) is 0 Å². The molecule has 124 valence electrons. The van der Waals surface area contributed by atoms with Gasteiger partial charge in [-0.25, -0.2) is 8.42 Å². The third-order valence-corrected chi connectivity index (χ3v) is 5.21. The zero-order chi connectivity index (χ0) is 17.5. The number of hydrogen-bond acceptors (Lipinski definition) is 3. The van der Waals surface area contributed by atoms with E-state index in [1.54, 1.807) is 6.07 Å². The minimum atomic E-state index is -5.19. The summed E-state index contributed by atoms with van der Waals surface area (Å²) < 4.78 is 64.3. The highest BCUT2D eigenvalue weighted by Crippen LogP contribution is 2.34. The Balaban J connectivity index is 2.35. The van der Waals surface area contributed by atoms with Gasteiger partial charge in [-0.1, -0.05) is 36.4 Å². The number of carbonyl (C=O) groups is 1. The van der Waals surface area contributed by atoms with Crippen LogP contribution in [-0.2, 0) is 9.84 Å². The van der Waals surface area contributed by atoms with Crippen molar-refractivity contribution in [3.63, 3.8) is 0 Å². The summed E-state index contributed by atoms with van der Waals surface area (Å²) in [5.74, 6) is -2.20. The lowest BCUT2D eigenvalue weighted by Crippen LogP contribution is -2.24. The molecule has 2 aromatic carbocycles. The second-order valence-corrected chi connectivity index (χ2v) is 6.90. The summed E-state index contributed by atoms with van der Waals surface area (Å²) in [4.78, 5) is 14.1. The van der Waals surface area contributed by atoms with E-state index in [1.807, 2.05) is 0 Å². The SMILES string of the molecule is O=C(c1c(S(=O)(=O)c2ccccc2)[nH]c2ccccc12)C(F)(F)F. The molecule has 1 aromatic heterocycles. The van der Waals surface area contributed by atoms with Crippen molar-refractivity contribution in [3.8, 4) is 0 Å². The predicted octanol–water partition coefficient (Wildman–Crippen LogP) is 3.75. The molecule has 0 unspecified atom stereocenters. The fourth-order valence-corrected chi connectivity index (χ4v) is 3.87. The Bertz CT molecular complexity index is 1020. The molecule has 0 saturated carbocycles. The first-order valence-corrected chi connectivity index (χ1v) is 8.23. The van der Waals surface area contributed by atoms with Crippen LogP contribution in [0.1, 0.15) is 10.4 Å². The molecule has 0 aliphatic carbocycles. The second-order valence-electron chi connectivity index (χ2n) is 5.02. The van der Waals surface area contributed by atoms with Gasteiger partial charge >= 0.3 is 6.18 Å². The normalized spacial score (nSPS) is 12.5. The van der Waals surface area contributed by atoms with Gasteiger partial charge in [0.1, 0.15) is 5.03 Å². The van der Waals surface area contributed by atoms with Gasteiger partial charge in [0.05, 0.1) is 10.5 Å². The molecule has 3 aromatic rings. The van der Waals surface area contributed by atoms with E-state index in [1.165, 1.54) is 48.5 Å². The summed E-state index contributed by atoms with van der Waals surface area (Å²) in [6.45, 7) is 0. The third kappa shape index (κ3) is 2.58. The number of rotatable bonds is 3. The van der Waals surface area contributed by atoms with E-state index in [0.29, 0.717) is 0 Å². The average molecular weight is 353 g/mol. The molecule has 0 radical (unpaired) electrons. The number of para-hydroxylation sites is 1. The monoisotopic (exact) mass is 353 g/mol. The predicted molar refractivity (Wildman–Crippen MR) is 80.6 cm³/mol. The Morgan fingerprint density at radius 1 is 0.917 bits per heavy atom. The Morgan fingerprint density at radius 3 is 2.12 bits per heavy atom. The van der Waals surface area contributed by atoms with Crippen molar-refractivity contribution in [2.45, 2.75) is 16.1 Å². The number of aromatic nitrogens is 1. The zero-order valence-corrected chi connectivity index (χ0v) is 12.8. The van der Waals surface area contributed by atoms with Crippen LogP contribution in [0.3, 0.4) is 0 Å². The highest BCUT2D eigenvalue weighted by Gasteiger charge is 2.44. The molecular formula is C16H10F3NO3S. The minimum Gasteiger partial charge on any atom is -0.345 e. The van der Waals surface area contributed by atoms with Crippen LogP contribution in [-0.4, -0.2) is 25.4 Å². The lowest BCUT2D eigenvalue weighted by Gasteiger charge is -2.08. The second kappa shape index (κ2) is 5.48. The number of alkyl halides is 3. The number of sulfone groups is 1. The fraction of sp³-hybridized carbons (Fsp3) is 0.0625. The summed E-state index contributed by atoms with van der Waals surface area (Å²) in [6, 6.07) is 12.6. The van der Waals surface area contributed by atoms with Crippen LogP contribution in [0.4, 0.5) is 13.2 Å². The van der Waals surface area contributed by atoms with Crippen molar-refractivity contribution in [1.82, 2.24) is 4.98 Å². The average Bonchev–Trinajstić information content (AvgIpc) is 2.94. The number of ketones is 1. The first-order valence-electron chi connectivity index (χ1n) is 6.75. The van der Waals surface area contributed by atoms with Crippen molar-refractivity contribution in [3.05, 3.63) is 60.2 Å². The van der Waals surface area contributed by atoms with Crippen LogP contribution in [0.15, 0.2) is 64.5 Å². The summed E-state index contributed by atoms with van der Waals surface area (Å²) in [6.07, 6.45) is -5.19. The first kappa shape index (κ1) is 16.3. The highest BCUT2D eigenvalue weighted by molar-refractivity contribution is 7.91. The molecule has 4 nitrogen and oxygen atoms in total. The van der Waals surface area contributed by atoms with Gasteiger partial charge in [-0.2, -0.15) is 13.2 Å². The van der Waals surface area contributed by atoms with Crippen LogP contribution in [0.25, 0.3) is 10.9 Å². The standard InChI is InChI=1S/C16H10F3NO3S/c17-16(18,19)14(21)13-11-8-4-5-9-12(11)20-15(13)24(22,23)10-6-2-1-3-7-10/h1-9,20H. The maximum atomic E-state index is 13.0. The van der Waals surface area contributed by atoms with E-state index >= 15 is 0 Å². The number of carbonyl (C=O) groups excluding carboxylic acids is 1. The Morgan fingerprint density at radius 2 is 1.50 bits per heavy atom. The molecule has 0 aliphatic rings. The molecule has 0 spiro atoms. The zero-order valence-electron chi connectivity index (χ0n) is 12.0. The molecule has 0 amide bonds. The Labute approximate surface area is 134 Å². The third-order valence-electron chi connectivity index (χ3n) is 3.48. The van der Waals surface area contributed by atoms with E-state index in [4.69, 9.17) is 0 Å². The van der Waals surface area contributed by atoms with Crippen molar-refractivity contribution in [1.29, 1.82) is 0 Å². The smallest absolute Gasteiger partial charge is 0.345 e. The summed E-state index contributed by atoms with van der Waals surface area (Å²) in [5, 5.41) is -0.841. The number of fused-ring (bicyclic) bond motifs is 1. The topological polar surface area (TPSA) is 67.0 Å². The number of nitrogens with one attached hydrogen (secondary N) is 1. The number of Topliss-reactive ketones (excluding diaryl/α,β-unsaturated/α-hetero) is 1. The van der Waals surface area contributed by atoms with Gasteiger partial charge in [0, 0.05) is 10.9 Å². The minimum absolute atomic E-state index is 0.0886. The van der Waals surface area contributed by atoms with E-state index in [2.05, 4.69) is 4.98 Å². The fourth-order valence-electron chi connectivity index (χ4n) is 2.40. The number of halogens is 3. The number of benzene rings is 2. The summed E-state index contributed by atoms with van der Waals surface area (Å²) >= 11 is 0. The van der Waals surface area contributed by atoms with Crippen LogP contribution in [0.2, 0.25) is 0 Å². The van der Waals surface area contributed by atoms with Gasteiger partial charge in [-0.05, 0) is 18.2 Å². The van der Waals surface area contributed by atoms with Crippen molar-refractivity contribution in [2.24, 2.45) is 0 Å². The molecule has 0 fully saturated rings. The number of aromatic amines is 1. The van der Waals surface area contributed by atoms with Gasteiger partial charge in [0.15, 0.2) is 0 Å². The lowest BCUT2D eigenvalue weighted by molar-refractivity contribution is -0.0886. The molecular weight excluding hydrogens is 343 g/mol. The van der Waals surface area contributed by atoms with Crippen LogP contribution < -0.4 is 0 Å². The quantitative estimate of drug-likeness (QED) is 0.730. The van der Waals surface area contributed by atoms with E-state index < -0.39 is 32.4 Å². The van der Waals surface area contributed by atoms with Gasteiger partial charge < -0.3 is 4.98 Å². The van der Waals surface area contributed by atoms with Crippen molar-refractivity contribution < 1.29 is 26.4 Å². The molecule has 0 saturated heterocycles. The van der Waals surface area contributed by atoms with Gasteiger partial charge in [-0.15, -0.1) is 0 Å². The number of H-pyrrole nitrogens is 1. The van der Waals surface area contributed by atoms with E-state index in [9.17, 15) is 26.4 Å². The van der Waals surface area contributed by atoms with E-state index in [-0.39, 0.29) is 15.8 Å². The Hall–Kier alpha value is -2.61. The van der Waals surface area contributed by atoms with Crippen LogP contribution >= 0.6 is 0 Å². The van der Waals surface area contributed by atoms with Gasteiger partial charge in [0.2, 0.25) is 9.84 Å². The molecule has 8 heteroatoms. The van der Waals surface area contributed by atoms with Crippen molar-refractivity contribution in [2.75, 3.05) is 0 Å². The van der Waals surface area contributed by atoms with Crippen LogP contribution in [0, 0.1) is 0 Å². The molecule has 0 bridgehead atoms. The highest BCUT2D eigenvalue weighted by atomic mass is 32.2. The maximum Gasteiger partial charge on any atom is 0.454 e. The Kier molecular flexibility index (Phi) is 3.71. The largest absolute Gasteiger partial charge is 0.454 e. The molecule has 3 rings (SSSR count). The van der Waals surface area contributed by atoms with Crippen LogP contribution in [0.5, 0.6) is 0 Å². The molecule has 1 heterocycles. The summed E-state index contributed by atoms with van der Waals surface area (Å²) in [7, 11) is -4.31. The molecule has 0 aliphatic heterocycles. The van der Waals surface area contributed by atoms with Gasteiger partial charge in [-0.3, -0.25) is 4.79 Å². The summed E-state index contributed by atoms with van der Waals surface area (Å²) in [5.41, 5.74) is -0.749. The lowest BCUT2D eigenvalue weighted by atomic mass is 10.1. The molecule has 24 heavy (non-hydrogen) atoms. The van der Waals surface area contributed by atoms with Crippen molar-refractivity contribution >= 4 is 26.5 Å². The molecule has 0 atom stereocenters.